The van der Waals surface area contributed by atoms with Crippen molar-refractivity contribution in [1.29, 1.82) is 0 Å². The molecule has 0 spiro atoms. The molecule has 16 heavy (non-hydrogen) atoms. The van der Waals surface area contributed by atoms with Gasteiger partial charge in [0, 0.05) is 12.2 Å². The van der Waals surface area contributed by atoms with Crippen LogP contribution in [-0.2, 0) is 9.59 Å². The number of benzene rings is 1. The summed E-state index contributed by atoms with van der Waals surface area (Å²) in [6.07, 6.45) is 1.24. The normalized spacial score (nSPS) is 18.0. The number of rotatable bonds is 2. The highest BCUT2D eigenvalue weighted by molar-refractivity contribution is 6.05. The van der Waals surface area contributed by atoms with Crippen molar-refractivity contribution < 1.29 is 9.59 Å². The van der Waals surface area contributed by atoms with Gasteiger partial charge in [0.1, 0.15) is 0 Å². The number of primary amides is 1. The van der Waals surface area contributed by atoms with Crippen LogP contribution in [0.4, 0.5) is 5.69 Å². The van der Waals surface area contributed by atoms with Crippen LogP contribution in [0.5, 0.6) is 0 Å². The lowest BCUT2D eigenvalue weighted by Gasteiger charge is -2.14. The minimum Gasteiger partial charge on any atom is -0.369 e. The Labute approximate surface area is 93.3 Å². The third kappa shape index (κ3) is 1.48. The van der Waals surface area contributed by atoms with E-state index in [1.54, 1.807) is 6.07 Å². The average Bonchev–Trinajstić information content (AvgIpc) is 2.67. The van der Waals surface area contributed by atoms with E-state index < -0.39 is 11.8 Å². The minimum atomic E-state index is -0.417. The summed E-state index contributed by atoms with van der Waals surface area (Å²) in [6.45, 7) is 3.75. The van der Waals surface area contributed by atoms with E-state index in [4.69, 9.17) is 5.73 Å². The quantitative estimate of drug-likeness (QED) is 0.743. The molecule has 1 aliphatic rings. The van der Waals surface area contributed by atoms with Gasteiger partial charge in [-0.15, -0.1) is 0 Å². The maximum absolute atomic E-state index is 11.6. The summed E-state index contributed by atoms with van der Waals surface area (Å²) in [6, 6.07) is 7.28. The SMILES string of the molecule is C=CC(=O)N1CC(C(N)=O)c2ccccc21. The van der Waals surface area contributed by atoms with Gasteiger partial charge in [0.15, 0.2) is 0 Å². The highest BCUT2D eigenvalue weighted by Gasteiger charge is 2.34. The van der Waals surface area contributed by atoms with E-state index in [-0.39, 0.29) is 5.91 Å². The number of carbonyl (C=O) groups is 2. The molecular formula is C12H12N2O2. The predicted molar refractivity (Wildman–Crippen MR) is 60.9 cm³/mol. The highest BCUT2D eigenvalue weighted by atomic mass is 16.2. The zero-order valence-corrected chi connectivity index (χ0v) is 8.72. The van der Waals surface area contributed by atoms with Gasteiger partial charge < -0.3 is 10.6 Å². The standard InChI is InChI=1S/C12H12N2O2/c1-2-11(15)14-7-9(12(13)16)8-5-3-4-6-10(8)14/h2-6,9H,1,7H2,(H2,13,16). The summed E-state index contributed by atoms with van der Waals surface area (Å²) in [5.74, 6) is -1.04. The van der Waals surface area contributed by atoms with E-state index >= 15 is 0 Å². The Morgan fingerprint density at radius 1 is 1.44 bits per heavy atom. The second kappa shape index (κ2) is 3.81. The zero-order valence-electron chi connectivity index (χ0n) is 8.72. The molecule has 1 unspecified atom stereocenters. The molecule has 2 N–H and O–H groups in total. The summed E-state index contributed by atoms with van der Waals surface area (Å²) >= 11 is 0. The molecule has 1 atom stereocenters. The lowest BCUT2D eigenvalue weighted by molar-refractivity contribution is -0.119. The van der Waals surface area contributed by atoms with Crippen LogP contribution in [0.15, 0.2) is 36.9 Å². The molecule has 0 radical (unpaired) electrons. The molecule has 4 heteroatoms. The molecule has 0 bridgehead atoms. The lowest BCUT2D eigenvalue weighted by atomic mass is 10.0. The van der Waals surface area contributed by atoms with E-state index in [2.05, 4.69) is 6.58 Å². The van der Waals surface area contributed by atoms with Crippen LogP contribution in [0.25, 0.3) is 0 Å². The fourth-order valence-electron chi connectivity index (χ4n) is 1.97. The maximum atomic E-state index is 11.6. The van der Waals surface area contributed by atoms with Crippen molar-refractivity contribution in [3.8, 4) is 0 Å². The van der Waals surface area contributed by atoms with Gasteiger partial charge in [-0.2, -0.15) is 0 Å². The summed E-state index contributed by atoms with van der Waals surface area (Å²) in [4.78, 5) is 24.4. The molecule has 0 fully saturated rings. The van der Waals surface area contributed by atoms with Gasteiger partial charge in [-0.05, 0) is 17.7 Å². The van der Waals surface area contributed by atoms with Gasteiger partial charge in [-0.25, -0.2) is 0 Å². The largest absolute Gasteiger partial charge is 0.369 e. The fraction of sp³-hybridized carbons (Fsp3) is 0.167. The van der Waals surface area contributed by atoms with Gasteiger partial charge in [-0.3, -0.25) is 9.59 Å². The molecule has 82 valence electrons. The van der Waals surface area contributed by atoms with Gasteiger partial charge in [-0.1, -0.05) is 24.8 Å². The molecule has 0 aliphatic carbocycles. The van der Waals surface area contributed by atoms with Crippen LogP contribution in [0, 0.1) is 0 Å². The summed E-state index contributed by atoms with van der Waals surface area (Å²) in [5, 5.41) is 0. The Morgan fingerprint density at radius 3 is 2.75 bits per heavy atom. The zero-order chi connectivity index (χ0) is 11.7. The number of nitrogens with two attached hydrogens (primary N) is 1. The predicted octanol–water partition coefficient (Wildman–Crippen LogP) is 0.788. The smallest absolute Gasteiger partial charge is 0.250 e. The molecule has 1 aromatic rings. The van der Waals surface area contributed by atoms with Gasteiger partial charge in [0.05, 0.1) is 5.92 Å². The number of fused-ring (bicyclic) bond motifs is 1. The number of para-hydroxylation sites is 1. The molecule has 2 amide bonds. The lowest BCUT2D eigenvalue weighted by Crippen LogP contribution is -2.31. The Hall–Kier alpha value is -2.10. The first kappa shape index (κ1) is 10.4. The first-order chi connectivity index (χ1) is 7.65. The maximum Gasteiger partial charge on any atom is 0.250 e. The molecule has 4 nitrogen and oxygen atoms in total. The summed E-state index contributed by atoms with van der Waals surface area (Å²) < 4.78 is 0. The summed E-state index contributed by atoms with van der Waals surface area (Å²) in [7, 11) is 0. The first-order valence-corrected chi connectivity index (χ1v) is 4.97. The van der Waals surface area contributed by atoms with Crippen LogP contribution in [0.1, 0.15) is 11.5 Å². The van der Waals surface area contributed by atoms with Crippen molar-refractivity contribution >= 4 is 17.5 Å². The summed E-state index contributed by atoms with van der Waals surface area (Å²) in [5.41, 5.74) is 6.87. The third-order valence-corrected chi connectivity index (χ3v) is 2.75. The molecule has 0 saturated carbocycles. The minimum absolute atomic E-state index is 0.212. The van der Waals surface area contributed by atoms with Crippen molar-refractivity contribution in [1.82, 2.24) is 0 Å². The van der Waals surface area contributed by atoms with Crippen LogP contribution in [-0.4, -0.2) is 18.4 Å². The second-order valence-corrected chi connectivity index (χ2v) is 3.67. The Balaban J connectivity index is 2.46. The third-order valence-electron chi connectivity index (χ3n) is 2.75. The monoisotopic (exact) mass is 216 g/mol. The van der Waals surface area contributed by atoms with Gasteiger partial charge in [0.25, 0.3) is 0 Å². The number of hydrogen-bond donors (Lipinski definition) is 1. The van der Waals surface area contributed by atoms with Gasteiger partial charge >= 0.3 is 0 Å². The molecular weight excluding hydrogens is 204 g/mol. The molecule has 0 aromatic heterocycles. The second-order valence-electron chi connectivity index (χ2n) is 3.67. The molecule has 1 heterocycles. The van der Waals surface area contributed by atoms with Crippen molar-refractivity contribution in [3.05, 3.63) is 42.5 Å². The van der Waals surface area contributed by atoms with Gasteiger partial charge in [0.2, 0.25) is 11.8 Å². The number of carbonyl (C=O) groups excluding carboxylic acids is 2. The molecule has 1 aliphatic heterocycles. The topological polar surface area (TPSA) is 63.4 Å². The van der Waals surface area contributed by atoms with Crippen molar-refractivity contribution in [2.45, 2.75) is 5.92 Å². The Morgan fingerprint density at radius 2 is 2.12 bits per heavy atom. The van der Waals surface area contributed by atoms with Crippen LogP contribution in [0.2, 0.25) is 0 Å². The van der Waals surface area contributed by atoms with Crippen molar-refractivity contribution in [2.75, 3.05) is 11.4 Å². The highest BCUT2D eigenvalue weighted by Crippen LogP contribution is 2.35. The van der Waals surface area contributed by atoms with Crippen LogP contribution >= 0.6 is 0 Å². The van der Waals surface area contributed by atoms with Crippen molar-refractivity contribution in [2.24, 2.45) is 5.73 Å². The van der Waals surface area contributed by atoms with E-state index in [0.29, 0.717) is 6.54 Å². The number of nitrogens with zero attached hydrogens (tertiary/aromatic N) is 1. The van der Waals surface area contributed by atoms with E-state index in [1.165, 1.54) is 11.0 Å². The van der Waals surface area contributed by atoms with E-state index in [0.717, 1.165) is 11.3 Å². The number of hydrogen-bond acceptors (Lipinski definition) is 2. The van der Waals surface area contributed by atoms with Crippen LogP contribution < -0.4 is 10.6 Å². The molecule has 1 aromatic carbocycles. The first-order valence-electron chi connectivity index (χ1n) is 4.97. The average molecular weight is 216 g/mol. The van der Waals surface area contributed by atoms with Crippen LogP contribution in [0.3, 0.4) is 0 Å². The van der Waals surface area contributed by atoms with E-state index in [9.17, 15) is 9.59 Å². The number of amides is 2. The van der Waals surface area contributed by atoms with Crippen molar-refractivity contribution in [3.63, 3.8) is 0 Å². The fourth-order valence-corrected chi connectivity index (χ4v) is 1.97. The molecule has 0 saturated heterocycles. The van der Waals surface area contributed by atoms with E-state index in [1.807, 2.05) is 18.2 Å². The Kier molecular flexibility index (Phi) is 2.48. The molecule has 2 rings (SSSR count). The Bertz CT molecular complexity index is 468. The number of anilines is 1.